The Morgan fingerprint density at radius 1 is 1.50 bits per heavy atom. The molecule has 1 aliphatic rings. The van der Waals surface area contributed by atoms with Crippen LogP contribution in [0.5, 0.6) is 0 Å². The number of hydrogen-bond donors (Lipinski definition) is 1. The van der Waals surface area contributed by atoms with Crippen molar-refractivity contribution in [2.45, 2.75) is 44.5 Å². The Balaban J connectivity index is 2.39. The minimum Gasteiger partial charge on any atom is -0.391 e. The van der Waals surface area contributed by atoms with Crippen LogP contribution in [0, 0.1) is 11.3 Å². The number of benzene rings is 1. The zero-order valence-corrected chi connectivity index (χ0v) is 12.1. The highest BCUT2D eigenvalue weighted by atomic mass is 79.9. The first kappa shape index (κ1) is 13.5. The summed E-state index contributed by atoms with van der Waals surface area (Å²) in [5.41, 5.74) is 1.14. The van der Waals surface area contributed by atoms with Crippen LogP contribution in [0.3, 0.4) is 0 Å². The van der Waals surface area contributed by atoms with Gasteiger partial charge in [0.15, 0.2) is 5.60 Å². The Bertz CT molecular complexity index is 495. The third-order valence-corrected chi connectivity index (χ3v) is 4.27. The molecule has 0 fully saturated rings. The lowest BCUT2D eigenvalue weighted by Gasteiger charge is -2.28. The topological polar surface area (TPSA) is 53.2 Å². The van der Waals surface area contributed by atoms with Gasteiger partial charge in [0.25, 0.3) is 0 Å². The van der Waals surface area contributed by atoms with Crippen LogP contribution in [0.4, 0.5) is 0 Å². The van der Waals surface area contributed by atoms with E-state index in [2.05, 4.69) is 22.0 Å². The maximum atomic E-state index is 9.55. The minimum atomic E-state index is -0.921. The molecule has 1 N–H and O–H groups in total. The van der Waals surface area contributed by atoms with Crippen LogP contribution in [0.2, 0.25) is 0 Å². The van der Waals surface area contributed by atoms with Crippen LogP contribution >= 0.6 is 15.9 Å². The molecule has 0 saturated carbocycles. The number of nitrogens with zero attached hydrogens (tertiary/aromatic N) is 1. The van der Waals surface area contributed by atoms with Crippen LogP contribution in [0.15, 0.2) is 22.7 Å². The first-order chi connectivity index (χ1) is 8.50. The molecule has 3 atom stereocenters. The molecule has 96 valence electrons. The third kappa shape index (κ3) is 2.18. The number of halogens is 1. The van der Waals surface area contributed by atoms with Crippen molar-refractivity contribution in [1.82, 2.24) is 0 Å². The van der Waals surface area contributed by atoms with Crippen LogP contribution in [0.25, 0.3) is 0 Å². The zero-order valence-electron chi connectivity index (χ0n) is 10.5. The molecule has 0 aliphatic heterocycles. The monoisotopic (exact) mass is 309 g/mol. The molecule has 1 aliphatic carbocycles. The largest absolute Gasteiger partial charge is 0.391 e. The Morgan fingerprint density at radius 2 is 2.22 bits per heavy atom. The van der Waals surface area contributed by atoms with Gasteiger partial charge < -0.3 is 9.84 Å². The molecule has 0 heterocycles. The number of fused-ring (bicyclic) bond motifs is 1. The highest BCUT2D eigenvalue weighted by Gasteiger charge is 2.42. The predicted octanol–water partition coefficient (Wildman–Crippen LogP) is 2.90. The Kier molecular flexibility index (Phi) is 3.76. The molecule has 3 unspecified atom stereocenters. The van der Waals surface area contributed by atoms with Gasteiger partial charge in [-0.3, -0.25) is 0 Å². The second kappa shape index (κ2) is 5.00. The average Bonchev–Trinajstić information content (AvgIpc) is 2.70. The van der Waals surface area contributed by atoms with E-state index < -0.39 is 11.7 Å². The Morgan fingerprint density at radius 3 is 2.83 bits per heavy atom. The summed E-state index contributed by atoms with van der Waals surface area (Å²) < 4.78 is 6.88. The summed E-state index contributed by atoms with van der Waals surface area (Å²) >= 11 is 3.51. The molecule has 0 bridgehead atoms. The van der Waals surface area contributed by atoms with Gasteiger partial charge in [0, 0.05) is 10.0 Å². The van der Waals surface area contributed by atoms with E-state index in [4.69, 9.17) is 4.74 Å². The predicted molar refractivity (Wildman–Crippen MR) is 72.0 cm³/mol. The summed E-state index contributed by atoms with van der Waals surface area (Å²) in [6.07, 6.45) is 0.496. The zero-order chi connectivity index (χ0) is 13.3. The molecule has 1 aromatic rings. The number of hydrogen-bond acceptors (Lipinski definition) is 3. The van der Waals surface area contributed by atoms with Crippen LogP contribution < -0.4 is 0 Å². The number of aliphatic hydroxyl groups excluding tert-OH is 1. The van der Waals surface area contributed by atoms with Gasteiger partial charge >= 0.3 is 0 Å². The van der Waals surface area contributed by atoms with Gasteiger partial charge in [0.2, 0.25) is 0 Å². The van der Waals surface area contributed by atoms with Crippen molar-refractivity contribution in [2.75, 3.05) is 0 Å². The van der Waals surface area contributed by atoms with Crippen LogP contribution in [0.1, 0.15) is 31.4 Å². The van der Waals surface area contributed by atoms with E-state index in [1.807, 2.05) is 18.2 Å². The van der Waals surface area contributed by atoms with Crippen molar-refractivity contribution in [2.24, 2.45) is 0 Å². The molecule has 0 saturated heterocycles. The normalized spacial score (nSPS) is 25.3. The second-order valence-corrected chi connectivity index (χ2v) is 5.62. The maximum Gasteiger partial charge on any atom is 0.180 e. The fourth-order valence-electron chi connectivity index (χ4n) is 2.31. The molecule has 0 radical (unpaired) electrons. The molecule has 4 heteroatoms. The molecule has 18 heavy (non-hydrogen) atoms. The summed E-state index contributed by atoms with van der Waals surface area (Å²) in [6, 6.07) is 8.12. The quantitative estimate of drug-likeness (QED) is 0.934. The SMILES string of the molecule is CC(O)C(C)OC1(C#N)CCc2c(Br)cccc21. The van der Waals surface area contributed by atoms with Gasteiger partial charge in [0.1, 0.15) is 6.07 Å². The molecule has 1 aromatic carbocycles. The summed E-state index contributed by atoms with van der Waals surface area (Å²) in [4.78, 5) is 0. The molecule has 0 amide bonds. The molecule has 2 rings (SSSR count). The van der Waals surface area contributed by atoms with Crippen molar-refractivity contribution in [3.05, 3.63) is 33.8 Å². The van der Waals surface area contributed by atoms with Crippen LogP contribution in [-0.2, 0) is 16.8 Å². The lowest BCUT2D eigenvalue weighted by Crippen LogP contribution is -2.34. The minimum absolute atomic E-state index is 0.366. The van der Waals surface area contributed by atoms with Crippen molar-refractivity contribution in [1.29, 1.82) is 5.26 Å². The summed E-state index contributed by atoms with van der Waals surface area (Å²) in [7, 11) is 0. The number of rotatable bonds is 3. The first-order valence-corrected chi connectivity index (χ1v) is 6.84. The van der Waals surface area contributed by atoms with E-state index in [0.29, 0.717) is 6.42 Å². The van der Waals surface area contributed by atoms with E-state index in [9.17, 15) is 10.4 Å². The fourth-order valence-corrected chi connectivity index (χ4v) is 2.87. The summed E-state index contributed by atoms with van der Waals surface area (Å²) in [5, 5.41) is 19.1. The van der Waals surface area contributed by atoms with Crippen molar-refractivity contribution < 1.29 is 9.84 Å². The summed E-state index contributed by atoms with van der Waals surface area (Å²) in [6.45, 7) is 3.46. The molecule has 0 aromatic heterocycles. The lowest BCUT2D eigenvalue weighted by atomic mass is 9.97. The van der Waals surface area contributed by atoms with E-state index >= 15 is 0 Å². The lowest BCUT2D eigenvalue weighted by molar-refractivity contribution is -0.0984. The van der Waals surface area contributed by atoms with E-state index in [1.165, 1.54) is 0 Å². The highest BCUT2D eigenvalue weighted by molar-refractivity contribution is 9.10. The van der Waals surface area contributed by atoms with E-state index in [1.54, 1.807) is 13.8 Å². The molecule has 0 spiro atoms. The average molecular weight is 310 g/mol. The first-order valence-electron chi connectivity index (χ1n) is 6.05. The molecule has 3 nitrogen and oxygen atoms in total. The van der Waals surface area contributed by atoms with Gasteiger partial charge in [-0.05, 0) is 38.3 Å². The highest BCUT2D eigenvalue weighted by Crippen LogP contribution is 2.43. The Hall–Kier alpha value is -0.890. The van der Waals surface area contributed by atoms with Crippen LogP contribution in [-0.4, -0.2) is 17.3 Å². The standard InChI is InChI=1S/C14H16BrNO2/c1-9(17)10(2)18-14(8-16)7-6-11-12(14)4-3-5-13(11)15/h3-5,9-10,17H,6-7H2,1-2H3. The van der Waals surface area contributed by atoms with Gasteiger partial charge in [-0.25, -0.2) is 0 Å². The Labute approximate surface area is 116 Å². The molecular formula is C14H16BrNO2. The third-order valence-electron chi connectivity index (χ3n) is 3.53. The maximum absolute atomic E-state index is 9.55. The van der Waals surface area contributed by atoms with Gasteiger partial charge in [-0.2, -0.15) is 5.26 Å². The summed E-state index contributed by atoms with van der Waals surface area (Å²) in [5.74, 6) is 0. The van der Waals surface area contributed by atoms with Gasteiger partial charge in [0.05, 0.1) is 12.2 Å². The van der Waals surface area contributed by atoms with E-state index in [-0.39, 0.29) is 6.10 Å². The fraction of sp³-hybridized carbons (Fsp3) is 0.500. The van der Waals surface area contributed by atoms with Crippen molar-refractivity contribution in [3.63, 3.8) is 0 Å². The number of ether oxygens (including phenoxy) is 1. The van der Waals surface area contributed by atoms with Crippen molar-refractivity contribution in [3.8, 4) is 6.07 Å². The van der Waals surface area contributed by atoms with Gasteiger partial charge in [-0.15, -0.1) is 0 Å². The van der Waals surface area contributed by atoms with Gasteiger partial charge in [-0.1, -0.05) is 28.1 Å². The number of aliphatic hydroxyl groups is 1. The van der Waals surface area contributed by atoms with Crippen molar-refractivity contribution >= 4 is 15.9 Å². The smallest absolute Gasteiger partial charge is 0.180 e. The second-order valence-electron chi connectivity index (χ2n) is 4.77. The molecular weight excluding hydrogens is 294 g/mol. The van der Waals surface area contributed by atoms with E-state index in [0.717, 1.165) is 22.0 Å². The number of nitriles is 1.